The third-order valence-electron chi connectivity index (χ3n) is 2.73. The lowest BCUT2D eigenvalue weighted by molar-refractivity contribution is -0.121. The molecule has 0 spiro atoms. The van der Waals surface area contributed by atoms with Crippen LogP contribution < -0.4 is 5.73 Å². The molecule has 0 saturated heterocycles. The maximum Gasteiger partial charge on any atom is 0.227 e. The first-order valence-corrected chi connectivity index (χ1v) is 4.64. The van der Waals surface area contributed by atoms with Gasteiger partial charge in [0, 0.05) is 0 Å². The van der Waals surface area contributed by atoms with Gasteiger partial charge in [-0.3, -0.25) is 4.79 Å². The van der Waals surface area contributed by atoms with Crippen LogP contribution in [-0.4, -0.2) is 17.1 Å². The van der Waals surface area contributed by atoms with Crippen LogP contribution in [0.3, 0.4) is 0 Å². The molecule has 4 nitrogen and oxygen atoms in total. The highest BCUT2D eigenvalue weighted by Gasteiger charge is 2.35. The zero-order valence-electron chi connectivity index (χ0n) is 7.97. The third-order valence-corrected chi connectivity index (χ3v) is 2.73. The Balaban J connectivity index is 2.51. The fourth-order valence-electron chi connectivity index (χ4n) is 2.03. The van der Waals surface area contributed by atoms with Crippen LogP contribution in [0.2, 0.25) is 0 Å². The van der Waals surface area contributed by atoms with Crippen molar-refractivity contribution in [2.45, 2.75) is 18.4 Å². The van der Waals surface area contributed by atoms with Crippen molar-refractivity contribution in [3.8, 4) is 6.07 Å². The summed E-state index contributed by atoms with van der Waals surface area (Å²) in [7, 11) is 0. The van der Waals surface area contributed by atoms with Crippen LogP contribution >= 0.6 is 0 Å². The molecule has 15 heavy (non-hydrogen) atoms. The van der Waals surface area contributed by atoms with Gasteiger partial charge in [0.05, 0.1) is 23.7 Å². The van der Waals surface area contributed by atoms with Gasteiger partial charge in [0.2, 0.25) is 5.91 Å². The van der Waals surface area contributed by atoms with Crippen LogP contribution in [0, 0.1) is 11.3 Å². The van der Waals surface area contributed by atoms with Gasteiger partial charge >= 0.3 is 0 Å². The summed E-state index contributed by atoms with van der Waals surface area (Å²) >= 11 is 0. The standard InChI is InChI=1S/C11H10N2O2/c12-5-6-1-2-7-4-9(14)10(11(13)15)8(7)3-6/h1-3,9-10,14H,4H2,(H2,13,15)/t9-,10-/m1/s1. The van der Waals surface area contributed by atoms with Crippen molar-refractivity contribution in [2.24, 2.45) is 5.73 Å². The molecular formula is C11H10N2O2. The number of aliphatic hydroxyl groups is 1. The second kappa shape index (κ2) is 3.37. The summed E-state index contributed by atoms with van der Waals surface area (Å²) in [6, 6.07) is 7.06. The lowest BCUT2D eigenvalue weighted by Gasteiger charge is -2.10. The van der Waals surface area contributed by atoms with Crippen molar-refractivity contribution in [1.29, 1.82) is 5.26 Å². The number of carbonyl (C=O) groups excluding carboxylic acids is 1. The summed E-state index contributed by atoms with van der Waals surface area (Å²) in [4.78, 5) is 11.2. The number of nitriles is 1. The van der Waals surface area contributed by atoms with Gasteiger partial charge in [-0.1, -0.05) is 6.07 Å². The van der Waals surface area contributed by atoms with Crippen molar-refractivity contribution in [1.82, 2.24) is 0 Å². The van der Waals surface area contributed by atoms with E-state index in [0.29, 0.717) is 17.5 Å². The Bertz CT molecular complexity index is 462. The molecule has 4 heteroatoms. The highest BCUT2D eigenvalue weighted by molar-refractivity contribution is 5.84. The van der Waals surface area contributed by atoms with E-state index in [-0.39, 0.29) is 0 Å². The number of nitrogens with zero attached hydrogens (tertiary/aromatic N) is 1. The highest BCUT2D eigenvalue weighted by Crippen LogP contribution is 2.33. The van der Waals surface area contributed by atoms with Gasteiger partial charge in [0.15, 0.2) is 0 Å². The fraction of sp³-hybridized carbons (Fsp3) is 0.273. The van der Waals surface area contributed by atoms with E-state index in [2.05, 4.69) is 0 Å². The molecule has 1 aliphatic carbocycles. The van der Waals surface area contributed by atoms with Gasteiger partial charge in [-0.15, -0.1) is 0 Å². The molecule has 1 amide bonds. The monoisotopic (exact) mass is 202 g/mol. The molecule has 2 rings (SSSR count). The Morgan fingerprint density at radius 3 is 2.93 bits per heavy atom. The molecule has 76 valence electrons. The van der Waals surface area contributed by atoms with Gasteiger partial charge in [-0.25, -0.2) is 0 Å². The SMILES string of the molecule is N#Cc1ccc2c(c1)[C@@H](C(N)=O)[C@H](O)C2. The molecule has 0 heterocycles. The Labute approximate surface area is 86.9 Å². The first kappa shape index (κ1) is 9.69. The van der Waals surface area contributed by atoms with Crippen molar-refractivity contribution in [3.63, 3.8) is 0 Å². The minimum atomic E-state index is -0.758. The number of hydrogen-bond acceptors (Lipinski definition) is 3. The van der Waals surface area contributed by atoms with Gasteiger partial charge in [0.1, 0.15) is 0 Å². The topological polar surface area (TPSA) is 87.1 Å². The second-order valence-corrected chi connectivity index (χ2v) is 3.68. The normalized spacial score (nSPS) is 23.2. The third kappa shape index (κ3) is 1.47. The molecule has 0 unspecified atom stereocenters. The summed E-state index contributed by atoms with van der Waals surface area (Å²) in [5.41, 5.74) is 7.28. The molecule has 2 atom stereocenters. The van der Waals surface area contributed by atoms with E-state index in [1.807, 2.05) is 6.07 Å². The van der Waals surface area contributed by atoms with Gasteiger partial charge in [-0.05, 0) is 29.7 Å². The fourth-order valence-corrected chi connectivity index (χ4v) is 2.03. The Morgan fingerprint density at radius 1 is 1.60 bits per heavy atom. The number of aliphatic hydroxyl groups excluding tert-OH is 1. The Morgan fingerprint density at radius 2 is 2.33 bits per heavy atom. The number of rotatable bonds is 1. The van der Waals surface area contributed by atoms with Gasteiger partial charge in [0.25, 0.3) is 0 Å². The Hall–Kier alpha value is -1.86. The second-order valence-electron chi connectivity index (χ2n) is 3.68. The molecule has 0 bridgehead atoms. The van der Waals surface area contributed by atoms with Crippen molar-refractivity contribution >= 4 is 5.91 Å². The first-order chi connectivity index (χ1) is 7.13. The van der Waals surface area contributed by atoms with E-state index in [1.165, 1.54) is 0 Å². The van der Waals surface area contributed by atoms with E-state index in [0.717, 1.165) is 5.56 Å². The number of benzene rings is 1. The number of hydrogen-bond donors (Lipinski definition) is 2. The molecule has 1 aromatic rings. The molecular weight excluding hydrogens is 192 g/mol. The lowest BCUT2D eigenvalue weighted by Crippen LogP contribution is -2.28. The molecule has 0 saturated carbocycles. The molecule has 3 N–H and O–H groups in total. The van der Waals surface area contributed by atoms with E-state index >= 15 is 0 Å². The predicted octanol–water partition coefficient (Wildman–Crippen LogP) is 0.0442. The van der Waals surface area contributed by atoms with Crippen LogP contribution in [0.25, 0.3) is 0 Å². The summed E-state index contributed by atoms with van der Waals surface area (Å²) in [5.74, 6) is -1.22. The van der Waals surface area contributed by atoms with Crippen LogP contribution in [0.5, 0.6) is 0 Å². The number of amides is 1. The van der Waals surface area contributed by atoms with E-state index in [4.69, 9.17) is 11.0 Å². The van der Waals surface area contributed by atoms with Crippen LogP contribution in [0.4, 0.5) is 0 Å². The van der Waals surface area contributed by atoms with E-state index < -0.39 is 17.9 Å². The van der Waals surface area contributed by atoms with Gasteiger partial charge < -0.3 is 10.8 Å². The predicted molar refractivity (Wildman–Crippen MR) is 52.8 cm³/mol. The average Bonchev–Trinajstić information content (AvgIpc) is 2.52. The lowest BCUT2D eigenvalue weighted by atomic mass is 9.98. The first-order valence-electron chi connectivity index (χ1n) is 4.64. The molecule has 0 aliphatic heterocycles. The van der Waals surface area contributed by atoms with Gasteiger partial charge in [-0.2, -0.15) is 5.26 Å². The Kier molecular flexibility index (Phi) is 2.18. The largest absolute Gasteiger partial charge is 0.392 e. The number of primary amides is 1. The minimum absolute atomic E-state index is 0.425. The van der Waals surface area contributed by atoms with E-state index in [9.17, 15) is 9.90 Å². The molecule has 0 aromatic heterocycles. The maximum atomic E-state index is 11.2. The maximum absolute atomic E-state index is 11.2. The highest BCUT2D eigenvalue weighted by atomic mass is 16.3. The van der Waals surface area contributed by atoms with Crippen molar-refractivity contribution in [2.75, 3.05) is 0 Å². The minimum Gasteiger partial charge on any atom is -0.392 e. The summed E-state index contributed by atoms with van der Waals surface area (Å²) < 4.78 is 0. The smallest absolute Gasteiger partial charge is 0.227 e. The van der Waals surface area contributed by atoms with Crippen molar-refractivity contribution < 1.29 is 9.90 Å². The number of nitrogens with two attached hydrogens (primary N) is 1. The zero-order chi connectivity index (χ0) is 11.0. The summed E-state index contributed by atoms with van der Waals surface area (Å²) in [6.07, 6.45) is -0.333. The molecule has 1 aliphatic rings. The quantitative estimate of drug-likeness (QED) is 0.674. The summed E-state index contributed by atoms with van der Waals surface area (Å²) in [5, 5.41) is 18.4. The zero-order valence-corrected chi connectivity index (χ0v) is 7.97. The number of fused-ring (bicyclic) bond motifs is 1. The number of carbonyl (C=O) groups is 1. The summed E-state index contributed by atoms with van der Waals surface area (Å²) in [6.45, 7) is 0. The molecule has 0 radical (unpaired) electrons. The molecule has 0 fully saturated rings. The molecule has 1 aromatic carbocycles. The van der Waals surface area contributed by atoms with Crippen LogP contribution in [-0.2, 0) is 11.2 Å². The van der Waals surface area contributed by atoms with Crippen LogP contribution in [0.1, 0.15) is 22.6 Å². The van der Waals surface area contributed by atoms with E-state index in [1.54, 1.807) is 18.2 Å². The van der Waals surface area contributed by atoms with Crippen molar-refractivity contribution in [3.05, 3.63) is 34.9 Å². The average molecular weight is 202 g/mol. The van der Waals surface area contributed by atoms with Crippen LogP contribution in [0.15, 0.2) is 18.2 Å².